The summed E-state index contributed by atoms with van der Waals surface area (Å²) in [6.45, 7) is 8.12. The van der Waals surface area contributed by atoms with Crippen molar-refractivity contribution in [2.75, 3.05) is 11.9 Å². The predicted molar refractivity (Wildman–Crippen MR) is 82.4 cm³/mol. The number of imidazole rings is 1. The molecule has 3 aromatic heterocycles. The molecule has 0 saturated carbocycles. The predicted octanol–water partition coefficient (Wildman–Crippen LogP) is 2.34. The number of rotatable bonds is 4. The van der Waals surface area contributed by atoms with Gasteiger partial charge in [0.05, 0.1) is 12.0 Å². The van der Waals surface area contributed by atoms with Crippen molar-refractivity contribution in [3.8, 4) is 0 Å². The maximum absolute atomic E-state index is 4.62. The molecule has 0 aliphatic carbocycles. The van der Waals surface area contributed by atoms with E-state index in [9.17, 15) is 0 Å². The van der Waals surface area contributed by atoms with E-state index in [2.05, 4.69) is 47.2 Å². The summed E-state index contributed by atoms with van der Waals surface area (Å²) < 4.78 is 3.91. The van der Waals surface area contributed by atoms with E-state index >= 15 is 0 Å². The van der Waals surface area contributed by atoms with E-state index in [4.69, 9.17) is 0 Å². The molecule has 1 N–H and O–H groups in total. The van der Waals surface area contributed by atoms with Crippen LogP contribution in [0.25, 0.3) is 5.52 Å². The molecular weight excluding hydrogens is 264 g/mol. The van der Waals surface area contributed by atoms with Crippen LogP contribution in [-0.2, 0) is 12.0 Å². The number of hydrogen-bond acceptors (Lipinski definition) is 4. The van der Waals surface area contributed by atoms with E-state index in [1.165, 1.54) is 0 Å². The number of nitrogens with zero attached hydrogens (tertiary/aromatic N) is 5. The van der Waals surface area contributed by atoms with Gasteiger partial charge in [0.1, 0.15) is 5.52 Å². The quantitative estimate of drug-likeness (QED) is 0.799. The van der Waals surface area contributed by atoms with Crippen molar-refractivity contribution in [1.29, 1.82) is 0 Å². The fourth-order valence-corrected chi connectivity index (χ4v) is 2.15. The minimum Gasteiger partial charge on any atom is -0.366 e. The van der Waals surface area contributed by atoms with Crippen molar-refractivity contribution < 1.29 is 0 Å². The maximum atomic E-state index is 4.62. The van der Waals surface area contributed by atoms with Crippen molar-refractivity contribution in [3.63, 3.8) is 0 Å². The van der Waals surface area contributed by atoms with Crippen molar-refractivity contribution in [2.45, 2.75) is 32.7 Å². The van der Waals surface area contributed by atoms with Gasteiger partial charge in [0, 0.05) is 43.3 Å². The van der Waals surface area contributed by atoms with Crippen LogP contribution in [0.2, 0.25) is 0 Å². The molecule has 0 aliphatic heterocycles. The van der Waals surface area contributed by atoms with Crippen molar-refractivity contribution in [3.05, 3.63) is 42.9 Å². The molecular formula is C15H20N6. The van der Waals surface area contributed by atoms with Crippen LogP contribution >= 0.6 is 0 Å². The molecule has 0 atom stereocenters. The van der Waals surface area contributed by atoms with Gasteiger partial charge in [-0.05, 0) is 6.07 Å². The van der Waals surface area contributed by atoms with Gasteiger partial charge in [0.25, 0.3) is 0 Å². The average molecular weight is 284 g/mol. The minimum atomic E-state index is 0.0279. The summed E-state index contributed by atoms with van der Waals surface area (Å²) >= 11 is 0. The van der Waals surface area contributed by atoms with E-state index in [0.717, 1.165) is 30.1 Å². The Bertz CT molecular complexity index is 720. The van der Waals surface area contributed by atoms with Gasteiger partial charge in [-0.1, -0.05) is 20.8 Å². The second-order valence-electron chi connectivity index (χ2n) is 6.11. The first-order valence-electron chi connectivity index (χ1n) is 7.08. The number of fused-ring (bicyclic) bond motifs is 1. The lowest BCUT2D eigenvalue weighted by molar-refractivity contribution is 0.562. The Morgan fingerprint density at radius 2 is 2.05 bits per heavy atom. The van der Waals surface area contributed by atoms with Crippen LogP contribution in [0.15, 0.2) is 37.2 Å². The molecule has 0 aliphatic rings. The first kappa shape index (κ1) is 13.6. The number of aromatic nitrogens is 5. The fraction of sp³-hybridized carbons (Fsp3) is 0.400. The van der Waals surface area contributed by atoms with Gasteiger partial charge in [-0.3, -0.25) is 0 Å². The van der Waals surface area contributed by atoms with E-state index in [-0.39, 0.29) is 5.41 Å². The Morgan fingerprint density at radius 1 is 1.19 bits per heavy atom. The molecule has 0 unspecified atom stereocenters. The summed E-state index contributed by atoms with van der Waals surface area (Å²) in [7, 11) is 0. The summed E-state index contributed by atoms with van der Waals surface area (Å²) in [6.07, 6.45) is 9.20. The van der Waals surface area contributed by atoms with Crippen molar-refractivity contribution in [2.24, 2.45) is 0 Å². The summed E-state index contributed by atoms with van der Waals surface area (Å²) in [4.78, 5) is 8.46. The van der Waals surface area contributed by atoms with Crippen LogP contribution in [0.4, 0.5) is 5.82 Å². The SMILES string of the molecule is CC(C)(C)c1cc2c(NCCn3ccnc3)nccn2n1. The Morgan fingerprint density at radius 3 is 2.76 bits per heavy atom. The monoisotopic (exact) mass is 284 g/mol. The molecule has 6 heteroatoms. The fourth-order valence-electron chi connectivity index (χ4n) is 2.15. The highest BCUT2D eigenvalue weighted by molar-refractivity contribution is 5.68. The molecule has 6 nitrogen and oxygen atoms in total. The lowest BCUT2D eigenvalue weighted by Gasteiger charge is -2.13. The smallest absolute Gasteiger partial charge is 0.152 e. The number of hydrogen-bond donors (Lipinski definition) is 1. The first-order chi connectivity index (χ1) is 10.0. The van der Waals surface area contributed by atoms with Gasteiger partial charge < -0.3 is 9.88 Å². The zero-order chi connectivity index (χ0) is 14.9. The third-order valence-corrected chi connectivity index (χ3v) is 3.38. The molecule has 3 heterocycles. The third-order valence-electron chi connectivity index (χ3n) is 3.38. The zero-order valence-electron chi connectivity index (χ0n) is 12.6. The third kappa shape index (κ3) is 2.89. The zero-order valence-corrected chi connectivity index (χ0v) is 12.6. The number of nitrogens with one attached hydrogen (secondary N) is 1. The van der Waals surface area contributed by atoms with E-state index in [1.54, 1.807) is 12.4 Å². The molecule has 0 bridgehead atoms. The maximum Gasteiger partial charge on any atom is 0.152 e. The van der Waals surface area contributed by atoms with Gasteiger partial charge in [-0.25, -0.2) is 14.5 Å². The molecule has 3 aromatic rings. The van der Waals surface area contributed by atoms with E-state index in [0.29, 0.717) is 0 Å². The van der Waals surface area contributed by atoms with Crippen LogP contribution in [0, 0.1) is 0 Å². The molecule has 0 aromatic carbocycles. The van der Waals surface area contributed by atoms with Gasteiger partial charge in [-0.2, -0.15) is 5.10 Å². The molecule has 3 rings (SSSR count). The highest BCUT2D eigenvalue weighted by Gasteiger charge is 2.18. The topological polar surface area (TPSA) is 60.0 Å². The van der Waals surface area contributed by atoms with Crippen LogP contribution in [0.3, 0.4) is 0 Å². The van der Waals surface area contributed by atoms with Crippen LogP contribution in [-0.4, -0.2) is 30.7 Å². The van der Waals surface area contributed by atoms with E-state index < -0.39 is 0 Å². The lowest BCUT2D eigenvalue weighted by atomic mass is 9.92. The van der Waals surface area contributed by atoms with Crippen molar-refractivity contribution in [1.82, 2.24) is 24.1 Å². The summed E-state index contributed by atoms with van der Waals surface area (Å²) in [5.41, 5.74) is 2.10. The van der Waals surface area contributed by atoms with Crippen LogP contribution in [0.1, 0.15) is 26.5 Å². The average Bonchev–Trinajstić information content (AvgIpc) is 3.06. The standard InChI is InChI=1S/C15H20N6/c1-15(2,3)13-10-12-14(18-6-9-21(12)19-13)17-5-8-20-7-4-16-11-20/h4,6-7,9-11H,5,8H2,1-3H3,(H,17,18). The summed E-state index contributed by atoms with van der Waals surface area (Å²) in [5.74, 6) is 0.862. The minimum absolute atomic E-state index is 0.0279. The van der Waals surface area contributed by atoms with Crippen LogP contribution in [0.5, 0.6) is 0 Å². The van der Waals surface area contributed by atoms with Gasteiger partial charge in [-0.15, -0.1) is 0 Å². The molecule has 0 spiro atoms. The molecule has 0 fully saturated rings. The van der Waals surface area contributed by atoms with Gasteiger partial charge >= 0.3 is 0 Å². The molecule has 21 heavy (non-hydrogen) atoms. The second kappa shape index (κ2) is 5.20. The molecule has 110 valence electrons. The van der Waals surface area contributed by atoms with Crippen molar-refractivity contribution >= 4 is 11.3 Å². The van der Waals surface area contributed by atoms with Gasteiger partial charge in [0.15, 0.2) is 5.82 Å². The van der Waals surface area contributed by atoms with Gasteiger partial charge in [0.2, 0.25) is 0 Å². The molecule has 0 saturated heterocycles. The largest absolute Gasteiger partial charge is 0.366 e. The normalized spacial score (nSPS) is 12.0. The highest BCUT2D eigenvalue weighted by atomic mass is 15.2. The Hall–Kier alpha value is -2.37. The second-order valence-corrected chi connectivity index (χ2v) is 6.11. The molecule has 0 radical (unpaired) electrons. The van der Waals surface area contributed by atoms with E-state index in [1.807, 2.05) is 27.8 Å². The van der Waals surface area contributed by atoms with Crippen LogP contribution < -0.4 is 5.32 Å². The summed E-state index contributed by atoms with van der Waals surface area (Å²) in [5, 5.41) is 7.99. The lowest BCUT2D eigenvalue weighted by Crippen LogP contribution is -2.11. The Balaban J connectivity index is 1.80. The Labute approximate surface area is 123 Å². The molecule has 0 amide bonds. The number of anilines is 1. The highest BCUT2D eigenvalue weighted by Crippen LogP contribution is 2.24. The first-order valence-corrected chi connectivity index (χ1v) is 7.08. The Kier molecular flexibility index (Phi) is 3.37. The summed E-state index contributed by atoms with van der Waals surface area (Å²) in [6, 6.07) is 2.10.